The Kier molecular flexibility index (Phi) is 7.59. The summed E-state index contributed by atoms with van der Waals surface area (Å²) in [5.41, 5.74) is 5.96. The highest BCUT2D eigenvalue weighted by Gasteiger charge is 2.28. The van der Waals surface area contributed by atoms with Crippen molar-refractivity contribution in [2.24, 2.45) is 11.7 Å². The van der Waals surface area contributed by atoms with Crippen molar-refractivity contribution < 1.29 is 19.1 Å². The highest BCUT2D eigenvalue weighted by atomic mass is 16.5. The first-order valence-electron chi connectivity index (χ1n) is 8.98. The number of amides is 2. The summed E-state index contributed by atoms with van der Waals surface area (Å²) in [7, 11) is 1.57. The smallest absolute Gasteiger partial charge is 0.224 e. The Morgan fingerprint density at radius 2 is 1.96 bits per heavy atom. The Morgan fingerprint density at radius 1 is 1.23 bits per heavy atom. The normalized spacial score (nSPS) is 16.8. The molecule has 2 rings (SSSR count). The molecule has 142 valence electrons. The van der Waals surface area contributed by atoms with E-state index in [4.69, 9.17) is 10.5 Å². The number of likely N-dealkylation sites (tertiary alicyclic amines) is 1. The highest BCUT2D eigenvalue weighted by Crippen LogP contribution is 2.19. The fourth-order valence-corrected chi connectivity index (χ4v) is 3.06. The summed E-state index contributed by atoms with van der Waals surface area (Å²) in [6.45, 7) is 1.89. The average molecular weight is 361 g/mol. The van der Waals surface area contributed by atoms with Crippen molar-refractivity contribution in [3.63, 3.8) is 0 Å². The molecule has 7 nitrogen and oxygen atoms in total. The second kappa shape index (κ2) is 9.91. The van der Waals surface area contributed by atoms with Crippen LogP contribution in [0.5, 0.6) is 5.75 Å². The number of Topliss-reactive ketones (excluding diaryl/α,β-unsaturated/α-hetero) is 1. The molecule has 1 fully saturated rings. The number of carbonyl (C=O) groups excluding carboxylic acids is 3. The van der Waals surface area contributed by atoms with Crippen LogP contribution in [0.25, 0.3) is 0 Å². The number of nitrogens with one attached hydrogen (secondary N) is 1. The lowest BCUT2D eigenvalue weighted by atomic mass is 9.96. The van der Waals surface area contributed by atoms with Gasteiger partial charge in [-0.2, -0.15) is 0 Å². The molecule has 1 atom stereocenters. The maximum Gasteiger partial charge on any atom is 0.224 e. The molecule has 0 bridgehead atoms. The van der Waals surface area contributed by atoms with Crippen molar-refractivity contribution >= 4 is 17.6 Å². The SMILES string of the molecule is COc1ccc(C(=O)CCC(=O)N2CCCC(C(=O)NCCN)C2)cc1. The minimum atomic E-state index is -0.198. The van der Waals surface area contributed by atoms with Gasteiger partial charge < -0.3 is 20.7 Å². The molecular formula is C19H27N3O4. The molecule has 0 saturated carbocycles. The molecule has 1 aromatic carbocycles. The van der Waals surface area contributed by atoms with Crippen LogP contribution in [0.2, 0.25) is 0 Å². The maximum absolute atomic E-state index is 12.4. The van der Waals surface area contributed by atoms with E-state index in [9.17, 15) is 14.4 Å². The van der Waals surface area contributed by atoms with Gasteiger partial charge in [-0.3, -0.25) is 14.4 Å². The Hall–Kier alpha value is -2.41. The van der Waals surface area contributed by atoms with Crippen LogP contribution in [0.4, 0.5) is 0 Å². The minimum Gasteiger partial charge on any atom is -0.497 e. The van der Waals surface area contributed by atoms with Gasteiger partial charge in [-0.15, -0.1) is 0 Å². The number of nitrogens with two attached hydrogens (primary N) is 1. The van der Waals surface area contributed by atoms with E-state index in [1.54, 1.807) is 36.3 Å². The largest absolute Gasteiger partial charge is 0.497 e. The van der Waals surface area contributed by atoms with Gasteiger partial charge in [0, 0.05) is 44.6 Å². The van der Waals surface area contributed by atoms with Crippen LogP contribution in [-0.2, 0) is 9.59 Å². The van der Waals surface area contributed by atoms with E-state index in [1.807, 2.05) is 0 Å². The quantitative estimate of drug-likeness (QED) is 0.672. The van der Waals surface area contributed by atoms with Crippen molar-refractivity contribution in [3.8, 4) is 5.75 Å². The van der Waals surface area contributed by atoms with E-state index in [0.29, 0.717) is 37.5 Å². The van der Waals surface area contributed by atoms with Gasteiger partial charge in [-0.25, -0.2) is 0 Å². The van der Waals surface area contributed by atoms with E-state index >= 15 is 0 Å². The number of piperidine rings is 1. The number of methoxy groups -OCH3 is 1. The fourth-order valence-electron chi connectivity index (χ4n) is 3.06. The van der Waals surface area contributed by atoms with Crippen LogP contribution < -0.4 is 15.8 Å². The number of hydrogen-bond donors (Lipinski definition) is 2. The molecule has 0 aliphatic carbocycles. The lowest BCUT2D eigenvalue weighted by Crippen LogP contribution is -2.46. The molecule has 1 aliphatic heterocycles. The summed E-state index contributed by atoms with van der Waals surface area (Å²) in [5, 5.41) is 2.78. The van der Waals surface area contributed by atoms with Gasteiger partial charge in [0.1, 0.15) is 5.75 Å². The number of ether oxygens (including phenoxy) is 1. The summed E-state index contributed by atoms with van der Waals surface area (Å²) in [6, 6.07) is 6.85. The topological polar surface area (TPSA) is 102 Å². The van der Waals surface area contributed by atoms with Crippen molar-refractivity contribution in [2.45, 2.75) is 25.7 Å². The molecule has 0 aromatic heterocycles. The summed E-state index contributed by atoms with van der Waals surface area (Å²) < 4.78 is 5.07. The predicted octanol–water partition coefficient (Wildman–Crippen LogP) is 0.972. The first-order chi connectivity index (χ1) is 12.5. The Bertz CT molecular complexity index is 630. The second-order valence-corrected chi connectivity index (χ2v) is 6.41. The molecule has 1 heterocycles. The molecule has 1 saturated heterocycles. The number of nitrogens with zero attached hydrogens (tertiary/aromatic N) is 1. The van der Waals surface area contributed by atoms with E-state index in [2.05, 4.69) is 5.32 Å². The fraction of sp³-hybridized carbons (Fsp3) is 0.526. The lowest BCUT2D eigenvalue weighted by molar-refractivity contribution is -0.135. The van der Waals surface area contributed by atoms with Gasteiger partial charge in [0.05, 0.1) is 13.0 Å². The molecule has 7 heteroatoms. The van der Waals surface area contributed by atoms with Crippen LogP contribution in [0.1, 0.15) is 36.0 Å². The zero-order valence-corrected chi connectivity index (χ0v) is 15.2. The third-order valence-corrected chi connectivity index (χ3v) is 4.57. The highest BCUT2D eigenvalue weighted by molar-refractivity contribution is 5.98. The molecule has 1 aliphatic rings. The summed E-state index contributed by atoms with van der Waals surface area (Å²) in [4.78, 5) is 38.4. The van der Waals surface area contributed by atoms with Crippen molar-refractivity contribution in [1.29, 1.82) is 0 Å². The first kappa shape index (κ1) is 19.9. The Labute approximate surface area is 153 Å². The molecule has 0 spiro atoms. The average Bonchev–Trinajstić information content (AvgIpc) is 2.70. The number of carbonyl (C=O) groups is 3. The molecule has 0 radical (unpaired) electrons. The molecule has 1 aromatic rings. The van der Waals surface area contributed by atoms with E-state index in [1.165, 1.54) is 0 Å². The number of rotatable bonds is 8. The van der Waals surface area contributed by atoms with Crippen LogP contribution in [0.15, 0.2) is 24.3 Å². The zero-order chi connectivity index (χ0) is 18.9. The van der Waals surface area contributed by atoms with E-state index in [-0.39, 0.29) is 36.4 Å². The van der Waals surface area contributed by atoms with Crippen LogP contribution >= 0.6 is 0 Å². The van der Waals surface area contributed by atoms with Crippen molar-refractivity contribution in [1.82, 2.24) is 10.2 Å². The maximum atomic E-state index is 12.4. The summed E-state index contributed by atoms with van der Waals surface area (Å²) in [6.07, 6.45) is 1.87. The zero-order valence-electron chi connectivity index (χ0n) is 15.2. The monoisotopic (exact) mass is 361 g/mol. The standard InChI is InChI=1S/C19H27N3O4/c1-26-16-6-4-14(5-7-16)17(23)8-9-18(24)22-12-2-3-15(13-22)19(25)21-11-10-20/h4-7,15H,2-3,8-13,20H2,1H3,(H,21,25). The van der Waals surface area contributed by atoms with Gasteiger partial charge in [0.15, 0.2) is 5.78 Å². The van der Waals surface area contributed by atoms with Crippen LogP contribution in [0, 0.1) is 5.92 Å². The van der Waals surface area contributed by atoms with Gasteiger partial charge in [0.2, 0.25) is 11.8 Å². The third kappa shape index (κ3) is 5.56. The Balaban J connectivity index is 1.82. The van der Waals surface area contributed by atoms with Gasteiger partial charge in [-0.1, -0.05) is 0 Å². The summed E-state index contributed by atoms with van der Waals surface area (Å²) >= 11 is 0. The number of hydrogen-bond acceptors (Lipinski definition) is 5. The molecule has 26 heavy (non-hydrogen) atoms. The van der Waals surface area contributed by atoms with Gasteiger partial charge in [0.25, 0.3) is 0 Å². The third-order valence-electron chi connectivity index (χ3n) is 4.57. The van der Waals surface area contributed by atoms with Crippen molar-refractivity contribution in [2.75, 3.05) is 33.3 Å². The molecular weight excluding hydrogens is 334 g/mol. The van der Waals surface area contributed by atoms with E-state index < -0.39 is 0 Å². The van der Waals surface area contributed by atoms with Gasteiger partial charge in [-0.05, 0) is 37.1 Å². The number of benzene rings is 1. The van der Waals surface area contributed by atoms with E-state index in [0.717, 1.165) is 12.8 Å². The number of ketones is 1. The first-order valence-corrected chi connectivity index (χ1v) is 8.98. The molecule has 3 N–H and O–H groups in total. The second-order valence-electron chi connectivity index (χ2n) is 6.41. The minimum absolute atomic E-state index is 0.0535. The predicted molar refractivity (Wildman–Crippen MR) is 97.9 cm³/mol. The lowest BCUT2D eigenvalue weighted by Gasteiger charge is -2.32. The Morgan fingerprint density at radius 3 is 2.62 bits per heavy atom. The molecule has 1 unspecified atom stereocenters. The molecule has 2 amide bonds. The van der Waals surface area contributed by atoms with Crippen LogP contribution in [0.3, 0.4) is 0 Å². The van der Waals surface area contributed by atoms with Gasteiger partial charge >= 0.3 is 0 Å². The van der Waals surface area contributed by atoms with Crippen LogP contribution in [-0.4, -0.2) is 55.8 Å². The summed E-state index contributed by atoms with van der Waals surface area (Å²) in [5.74, 6) is 0.280. The van der Waals surface area contributed by atoms with Crippen molar-refractivity contribution in [3.05, 3.63) is 29.8 Å².